The molecule has 0 atom stereocenters. The third kappa shape index (κ3) is 3.59. The van der Waals surface area contributed by atoms with Gasteiger partial charge in [0, 0.05) is 12.0 Å². The molecule has 2 heteroatoms. The topological polar surface area (TPSA) is 26.3 Å². The van der Waals surface area contributed by atoms with Crippen LogP contribution in [0.25, 0.3) is 0 Å². The fourth-order valence-corrected chi connectivity index (χ4v) is 2.70. The predicted molar refractivity (Wildman–Crippen MR) is 73.1 cm³/mol. The standard InChI is InChI=1S/C16H22O2/c1-2-18-15-9-5-8-14(12-15)16(17)11-10-13-6-3-4-7-13/h5,8-9,12-13H,2-4,6-7,10-11H2,1H3. The van der Waals surface area contributed by atoms with Gasteiger partial charge in [-0.15, -0.1) is 0 Å². The molecule has 18 heavy (non-hydrogen) atoms. The number of ketones is 1. The van der Waals surface area contributed by atoms with Gasteiger partial charge in [-0.2, -0.15) is 0 Å². The summed E-state index contributed by atoms with van der Waals surface area (Å²) in [5.41, 5.74) is 0.791. The summed E-state index contributed by atoms with van der Waals surface area (Å²) in [7, 11) is 0. The van der Waals surface area contributed by atoms with Crippen LogP contribution in [0.4, 0.5) is 0 Å². The first-order valence-electron chi connectivity index (χ1n) is 7.05. The second-order valence-corrected chi connectivity index (χ2v) is 5.07. The van der Waals surface area contributed by atoms with Crippen LogP contribution in [-0.2, 0) is 0 Å². The molecule has 1 aliphatic rings. The number of hydrogen-bond acceptors (Lipinski definition) is 2. The molecule has 0 heterocycles. The van der Waals surface area contributed by atoms with Crippen LogP contribution in [0.3, 0.4) is 0 Å². The average Bonchev–Trinajstić information content (AvgIpc) is 2.90. The van der Waals surface area contributed by atoms with Crippen LogP contribution in [0, 0.1) is 5.92 Å². The molecule has 1 aromatic rings. The molecule has 1 aliphatic carbocycles. The second kappa shape index (κ2) is 6.58. The zero-order chi connectivity index (χ0) is 12.8. The van der Waals surface area contributed by atoms with Gasteiger partial charge >= 0.3 is 0 Å². The highest BCUT2D eigenvalue weighted by Crippen LogP contribution is 2.29. The van der Waals surface area contributed by atoms with Crippen LogP contribution in [0.1, 0.15) is 55.8 Å². The van der Waals surface area contributed by atoms with E-state index in [4.69, 9.17) is 4.74 Å². The number of hydrogen-bond donors (Lipinski definition) is 0. The number of Topliss-reactive ketones (excluding diaryl/α,β-unsaturated/α-hetero) is 1. The van der Waals surface area contributed by atoms with E-state index in [0.717, 1.165) is 23.7 Å². The summed E-state index contributed by atoms with van der Waals surface area (Å²) in [5, 5.41) is 0. The molecule has 0 unspecified atom stereocenters. The van der Waals surface area contributed by atoms with E-state index in [9.17, 15) is 4.79 Å². The molecule has 0 bridgehead atoms. The summed E-state index contributed by atoms with van der Waals surface area (Å²) in [4.78, 5) is 12.1. The van der Waals surface area contributed by atoms with Gasteiger partial charge < -0.3 is 4.74 Å². The van der Waals surface area contributed by atoms with E-state index in [2.05, 4.69) is 0 Å². The van der Waals surface area contributed by atoms with Gasteiger partial charge in [-0.3, -0.25) is 4.79 Å². The molecule has 0 amide bonds. The Morgan fingerprint density at radius 2 is 2.11 bits per heavy atom. The van der Waals surface area contributed by atoms with Gasteiger partial charge in [0.05, 0.1) is 6.61 Å². The van der Waals surface area contributed by atoms with Crippen molar-refractivity contribution in [2.45, 2.75) is 45.4 Å². The van der Waals surface area contributed by atoms with Crippen molar-refractivity contribution in [3.8, 4) is 5.75 Å². The smallest absolute Gasteiger partial charge is 0.163 e. The van der Waals surface area contributed by atoms with Crippen LogP contribution in [0.2, 0.25) is 0 Å². The van der Waals surface area contributed by atoms with Crippen LogP contribution < -0.4 is 4.74 Å². The van der Waals surface area contributed by atoms with Gasteiger partial charge in [0.1, 0.15) is 5.75 Å². The average molecular weight is 246 g/mol. The van der Waals surface area contributed by atoms with E-state index in [0.29, 0.717) is 13.0 Å². The Kier molecular flexibility index (Phi) is 4.80. The lowest BCUT2D eigenvalue weighted by Crippen LogP contribution is -2.03. The summed E-state index contributed by atoms with van der Waals surface area (Å²) in [6.45, 7) is 2.59. The molecule has 0 saturated heterocycles. The largest absolute Gasteiger partial charge is 0.494 e. The lowest BCUT2D eigenvalue weighted by Gasteiger charge is -2.08. The summed E-state index contributed by atoms with van der Waals surface area (Å²) >= 11 is 0. The predicted octanol–water partition coefficient (Wildman–Crippen LogP) is 4.24. The fraction of sp³-hybridized carbons (Fsp3) is 0.562. The fourth-order valence-electron chi connectivity index (χ4n) is 2.70. The second-order valence-electron chi connectivity index (χ2n) is 5.07. The van der Waals surface area contributed by atoms with Crippen molar-refractivity contribution in [2.75, 3.05) is 6.61 Å². The van der Waals surface area contributed by atoms with Crippen LogP contribution in [0.5, 0.6) is 5.75 Å². The minimum absolute atomic E-state index is 0.253. The van der Waals surface area contributed by atoms with Crippen LogP contribution >= 0.6 is 0 Å². The molecular formula is C16H22O2. The molecule has 1 fully saturated rings. The minimum atomic E-state index is 0.253. The molecule has 0 N–H and O–H groups in total. The minimum Gasteiger partial charge on any atom is -0.494 e. The number of ether oxygens (including phenoxy) is 1. The third-order valence-electron chi connectivity index (χ3n) is 3.72. The molecule has 2 nitrogen and oxygen atoms in total. The first kappa shape index (κ1) is 13.1. The van der Waals surface area contributed by atoms with Crippen molar-refractivity contribution < 1.29 is 9.53 Å². The molecule has 98 valence electrons. The molecule has 1 saturated carbocycles. The molecule has 0 radical (unpaired) electrons. The summed E-state index contributed by atoms with van der Waals surface area (Å²) in [6.07, 6.45) is 7.05. The van der Waals surface area contributed by atoms with Gasteiger partial charge in [-0.05, 0) is 31.4 Å². The maximum Gasteiger partial charge on any atom is 0.163 e. The number of carbonyl (C=O) groups is 1. The number of carbonyl (C=O) groups excluding carboxylic acids is 1. The highest BCUT2D eigenvalue weighted by atomic mass is 16.5. The van der Waals surface area contributed by atoms with E-state index < -0.39 is 0 Å². The summed E-state index contributed by atoms with van der Waals surface area (Å²) in [5.74, 6) is 1.83. The van der Waals surface area contributed by atoms with E-state index in [1.165, 1.54) is 25.7 Å². The molecule has 2 rings (SSSR count). The van der Waals surface area contributed by atoms with Gasteiger partial charge in [0.15, 0.2) is 5.78 Å². The van der Waals surface area contributed by atoms with E-state index in [1.807, 2.05) is 31.2 Å². The Balaban J connectivity index is 1.89. The van der Waals surface area contributed by atoms with Gasteiger partial charge in [-0.1, -0.05) is 37.8 Å². The molecule has 0 aromatic heterocycles. The van der Waals surface area contributed by atoms with Crippen LogP contribution in [0.15, 0.2) is 24.3 Å². The zero-order valence-electron chi connectivity index (χ0n) is 11.2. The SMILES string of the molecule is CCOc1cccc(C(=O)CCC2CCCC2)c1. The normalized spacial score (nSPS) is 15.8. The first-order valence-corrected chi connectivity index (χ1v) is 7.05. The highest BCUT2D eigenvalue weighted by molar-refractivity contribution is 5.96. The lowest BCUT2D eigenvalue weighted by atomic mass is 9.97. The van der Waals surface area contributed by atoms with Gasteiger partial charge in [-0.25, -0.2) is 0 Å². The lowest BCUT2D eigenvalue weighted by molar-refractivity contribution is 0.0973. The monoisotopic (exact) mass is 246 g/mol. The Morgan fingerprint density at radius 3 is 2.83 bits per heavy atom. The van der Waals surface area contributed by atoms with E-state index >= 15 is 0 Å². The van der Waals surface area contributed by atoms with Crippen molar-refractivity contribution in [2.24, 2.45) is 5.92 Å². The Morgan fingerprint density at radius 1 is 1.33 bits per heavy atom. The van der Waals surface area contributed by atoms with Crippen molar-refractivity contribution in [3.05, 3.63) is 29.8 Å². The maximum atomic E-state index is 12.1. The molecular weight excluding hydrogens is 224 g/mol. The van der Waals surface area contributed by atoms with Crippen molar-refractivity contribution in [1.82, 2.24) is 0 Å². The van der Waals surface area contributed by atoms with Crippen molar-refractivity contribution >= 4 is 5.78 Å². The summed E-state index contributed by atoms with van der Waals surface area (Å²) < 4.78 is 5.42. The van der Waals surface area contributed by atoms with E-state index in [1.54, 1.807) is 0 Å². The number of benzene rings is 1. The quantitative estimate of drug-likeness (QED) is 0.702. The Bertz CT molecular complexity index is 392. The maximum absolute atomic E-state index is 12.1. The van der Waals surface area contributed by atoms with E-state index in [-0.39, 0.29) is 5.78 Å². The first-order chi connectivity index (χ1) is 8.79. The van der Waals surface area contributed by atoms with Crippen molar-refractivity contribution in [1.29, 1.82) is 0 Å². The van der Waals surface area contributed by atoms with Gasteiger partial charge in [0.25, 0.3) is 0 Å². The van der Waals surface area contributed by atoms with Crippen LogP contribution in [-0.4, -0.2) is 12.4 Å². The highest BCUT2D eigenvalue weighted by Gasteiger charge is 2.16. The Labute approximate surface area is 109 Å². The zero-order valence-corrected chi connectivity index (χ0v) is 11.2. The molecule has 1 aromatic carbocycles. The van der Waals surface area contributed by atoms with Crippen molar-refractivity contribution in [3.63, 3.8) is 0 Å². The van der Waals surface area contributed by atoms with Gasteiger partial charge in [0.2, 0.25) is 0 Å². The Hall–Kier alpha value is -1.31. The third-order valence-corrected chi connectivity index (χ3v) is 3.72. The molecule has 0 spiro atoms. The molecule has 0 aliphatic heterocycles. The number of rotatable bonds is 6. The summed E-state index contributed by atoms with van der Waals surface area (Å²) in [6, 6.07) is 7.55.